The zero-order valence-corrected chi connectivity index (χ0v) is 15.7. The van der Waals surface area contributed by atoms with E-state index in [0.717, 1.165) is 21.8 Å². The molecule has 1 amide bonds. The molecule has 5 nitrogen and oxygen atoms in total. The number of hydrogen-bond donors (Lipinski definition) is 0. The first kappa shape index (κ1) is 16.7. The fourth-order valence-electron chi connectivity index (χ4n) is 2.60. The fourth-order valence-corrected chi connectivity index (χ4v) is 4.10. The lowest BCUT2D eigenvalue weighted by atomic mass is 10.3. The van der Waals surface area contributed by atoms with Gasteiger partial charge in [-0.25, -0.2) is 9.67 Å². The van der Waals surface area contributed by atoms with Gasteiger partial charge in [0.15, 0.2) is 0 Å². The highest BCUT2D eigenvalue weighted by atomic mass is 32.1. The summed E-state index contributed by atoms with van der Waals surface area (Å²) >= 11 is 3.11. The maximum absolute atomic E-state index is 12.7. The van der Waals surface area contributed by atoms with Crippen LogP contribution in [0.2, 0.25) is 0 Å². The first-order chi connectivity index (χ1) is 12.7. The molecule has 0 radical (unpaired) electrons. The van der Waals surface area contributed by atoms with Gasteiger partial charge >= 0.3 is 0 Å². The summed E-state index contributed by atoms with van der Waals surface area (Å²) in [4.78, 5) is 18.8. The maximum Gasteiger partial charge on any atom is 0.273 e. The first-order valence-corrected chi connectivity index (χ1v) is 9.85. The smallest absolute Gasteiger partial charge is 0.273 e. The lowest BCUT2D eigenvalue weighted by Crippen LogP contribution is -2.26. The minimum absolute atomic E-state index is 0.0878. The van der Waals surface area contributed by atoms with E-state index in [1.54, 1.807) is 29.5 Å². The number of para-hydroxylation sites is 1. The molecule has 0 fully saturated rings. The van der Waals surface area contributed by atoms with Gasteiger partial charge in [-0.05, 0) is 23.6 Å². The third-order valence-corrected chi connectivity index (χ3v) is 5.49. The molecule has 0 N–H and O–H groups in total. The molecule has 0 atom stereocenters. The van der Waals surface area contributed by atoms with Crippen molar-refractivity contribution in [2.45, 2.75) is 6.54 Å². The van der Waals surface area contributed by atoms with Crippen molar-refractivity contribution in [2.24, 2.45) is 0 Å². The molecule has 0 bridgehead atoms. The van der Waals surface area contributed by atoms with E-state index in [9.17, 15) is 4.79 Å². The number of thiophene rings is 1. The monoisotopic (exact) mass is 380 g/mol. The van der Waals surface area contributed by atoms with Crippen molar-refractivity contribution in [3.63, 3.8) is 0 Å². The van der Waals surface area contributed by atoms with Crippen LogP contribution in [-0.2, 0) is 6.54 Å². The Kier molecular flexibility index (Phi) is 4.64. The molecule has 0 aliphatic rings. The number of nitrogens with zero attached hydrogens (tertiary/aromatic N) is 4. The van der Waals surface area contributed by atoms with Crippen LogP contribution in [-0.4, -0.2) is 32.6 Å². The predicted octanol–water partition coefficient (Wildman–Crippen LogP) is 4.33. The molecule has 1 aromatic carbocycles. The Balaban J connectivity index is 1.46. The standard InChI is InChI=1S/C19H16N4OS2/c1-22(10-14-9-20-23(11-14)16-5-3-2-4-6-16)19(24)17-13-26-18(21-17)15-7-8-25-12-15/h2-9,11-13H,10H2,1H3. The summed E-state index contributed by atoms with van der Waals surface area (Å²) in [5, 5.41) is 11.1. The molecule has 0 aliphatic heterocycles. The average molecular weight is 380 g/mol. The van der Waals surface area contributed by atoms with Crippen LogP contribution in [0.5, 0.6) is 0 Å². The molecule has 0 saturated carbocycles. The maximum atomic E-state index is 12.7. The molecule has 0 unspecified atom stereocenters. The van der Waals surface area contributed by atoms with Gasteiger partial charge in [0.2, 0.25) is 0 Å². The van der Waals surface area contributed by atoms with E-state index in [4.69, 9.17) is 0 Å². The average Bonchev–Trinajstić information content (AvgIpc) is 3.42. The molecule has 0 saturated heterocycles. The van der Waals surface area contributed by atoms with Gasteiger partial charge in [-0.15, -0.1) is 11.3 Å². The van der Waals surface area contributed by atoms with Crippen LogP contribution in [0.4, 0.5) is 0 Å². The van der Waals surface area contributed by atoms with Crippen LogP contribution in [0.25, 0.3) is 16.3 Å². The van der Waals surface area contributed by atoms with Crippen molar-refractivity contribution in [1.29, 1.82) is 0 Å². The summed E-state index contributed by atoms with van der Waals surface area (Å²) in [5.74, 6) is -0.0878. The Morgan fingerprint density at radius 3 is 2.81 bits per heavy atom. The zero-order valence-electron chi connectivity index (χ0n) is 14.1. The van der Waals surface area contributed by atoms with E-state index in [2.05, 4.69) is 10.1 Å². The van der Waals surface area contributed by atoms with Crippen LogP contribution in [0.15, 0.2) is 64.9 Å². The molecule has 26 heavy (non-hydrogen) atoms. The van der Waals surface area contributed by atoms with Crippen LogP contribution >= 0.6 is 22.7 Å². The van der Waals surface area contributed by atoms with Crippen LogP contribution in [0, 0.1) is 0 Å². The lowest BCUT2D eigenvalue weighted by Gasteiger charge is -2.14. The molecule has 4 aromatic rings. The number of carbonyl (C=O) groups excluding carboxylic acids is 1. The summed E-state index contributed by atoms with van der Waals surface area (Å²) in [6.45, 7) is 0.483. The Morgan fingerprint density at radius 2 is 2.04 bits per heavy atom. The van der Waals surface area contributed by atoms with Gasteiger partial charge in [0.1, 0.15) is 10.7 Å². The van der Waals surface area contributed by atoms with E-state index in [1.165, 1.54) is 11.3 Å². The number of aromatic nitrogens is 3. The molecule has 0 aliphatic carbocycles. The predicted molar refractivity (Wildman–Crippen MR) is 105 cm³/mol. The van der Waals surface area contributed by atoms with E-state index < -0.39 is 0 Å². The van der Waals surface area contributed by atoms with Gasteiger partial charge in [0.25, 0.3) is 5.91 Å². The molecular formula is C19H16N4OS2. The first-order valence-electron chi connectivity index (χ1n) is 8.03. The molecule has 130 valence electrons. The number of hydrogen-bond acceptors (Lipinski definition) is 5. The fraction of sp³-hybridized carbons (Fsp3) is 0.105. The Bertz CT molecular complexity index is 1010. The molecule has 7 heteroatoms. The Hall–Kier alpha value is -2.77. The zero-order chi connectivity index (χ0) is 17.9. The summed E-state index contributed by atoms with van der Waals surface area (Å²) in [6.07, 6.45) is 3.73. The molecule has 3 aromatic heterocycles. The quantitative estimate of drug-likeness (QED) is 0.518. The largest absolute Gasteiger partial charge is 0.336 e. The Labute approximate surface area is 159 Å². The SMILES string of the molecule is CN(Cc1cnn(-c2ccccc2)c1)C(=O)c1csc(-c2ccsc2)n1. The van der Waals surface area contributed by atoms with Gasteiger partial charge in [0, 0.05) is 41.7 Å². The van der Waals surface area contributed by atoms with E-state index in [0.29, 0.717) is 12.2 Å². The van der Waals surface area contributed by atoms with Crippen LogP contribution < -0.4 is 0 Å². The van der Waals surface area contributed by atoms with Gasteiger partial charge in [-0.1, -0.05) is 18.2 Å². The lowest BCUT2D eigenvalue weighted by molar-refractivity contribution is 0.0780. The topological polar surface area (TPSA) is 51.0 Å². The van der Waals surface area contributed by atoms with Gasteiger partial charge < -0.3 is 4.90 Å². The second-order valence-electron chi connectivity index (χ2n) is 5.84. The van der Waals surface area contributed by atoms with Crippen molar-refractivity contribution in [2.75, 3.05) is 7.05 Å². The van der Waals surface area contributed by atoms with Crippen molar-refractivity contribution in [1.82, 2.24) is 19.7 Å². The molecule has 0 spiro atoms. The van der Waals surface area contributed by atoms with Gasteiger partial charge in [-0.3, -0.25) is 4.79 Å². The van der Waals surface area contributed by atoms with E-state index in [1.807, 2.05) is 63.4 Å². The number of thiazole rings is 1. The number of carbonyl (C=O) groups is 1. The highest BCUT2D eigenvalue weighted by Crippen LogP contribution is 2.26. The molecular weight excluding hydrogens is 364 g/mol. The highest BCUT2D eigenvalue weighted by Gasteiger charge is 2.17. The minimum Gasteiger partial charge on any atom is -0.336 e. The Morgan fingerprint density at radius 1 is 1.19 bits per heavy atom. The van der Waals surface area contributed by atoms with Gasteiger partial charge in [-0.2, -0.15) is 16.4 Å². The van der Waals surface area contributed by atoms with Crippen molar-refractivity contribution in [3.05, 3.63) is 76.2 Å². The van der Waals surface area contributed by atoms with E-state index in [-0.39, 0.29) is 5.91 Å². The van der Waals surface area contributed by atoms with Crippen molar-refractivity contribution < 1.29 is 4.79 Å². The number of amides is 1. The van der Waals surface area contributed by atoms with Crippen LogP contribution in [0.1, 0.15) is 16.1 Å². The summed E-state index contributed by atoms with van der Waals surface area (Å²) < 4.78 is 1.81. The minimum atomic E-state index is -0.0878. The summed E-state index contributed by atoms with van der Waals surface area (Å²) in [6, 6.07) is 11.9. The second kappa shape index (κ2) is 7.23. The second-order valence-corrected chi connectivity index (χ2v) is 7.48. The third-order valence-electron chi connectivity index (χ3n) is 3.91. The third kappa shape index (κ3) is 3.44. The van der Waals surface area contributed by atoms with Gasteiger partial charge in [0.05, 0.1) is 11.9 Å². The summed E-state index contributed by atoms with van der Waals surface area (Å²) in [5.41, 5.74) is 3.51. The highest BCUT2D eigenvalue weighted by molar-refractivity contribution is 7.14. The molecule has 3 heterocycles. The van der Waals surface area contributed by atoms with E-state index >= 15 is 0 Å². The van der Waals surface area contributed by atoms with Crippen LogP contribution in [0.3, 0.4) is 0 Å². The number of benzene rings is 1. The normalized spacial score (nSPS) is 10.8. The summed E-state index contributed by atoms with van der Waals surface area (Å²) in [7, 11) is 1.78. The number of rotatable bonds is 5. The molecule has 4 rings (SSSR count). The van der Waals surface area contributed by atoms with Crippen molar-refractivity contribution in [3.8, 4) is 16.3 Å². The van der Waals surface area contributed by atoms with Crippen molar-refractivity contribution >= 4 is 28.6 Å².